The molecule has 0 saturated carbocycles. The third-order valence-corrected chi connectivity index (χ3v) is 5.00. The Hall–Kier alpha value is -3.10. The lowest BCUT2D eigenvalue weighted by atomic mass is 9.98. The number of terminal acetylenes is 1. The van der Waals surface area contributed by atoms with Crippen LogP contribution in [0.25, 0.3) is 11.0 Å². The van der Waals surface area contributed by atoms with E-state index < -0.39 is 0 Å². The first-order valence-corrected chi connectivity index (χ1v) is 9.52. The zero-order chi connectivity index (χ0) is 20.8. The van der Waals surface area contributed by atoms with Gasteiger partial charge in [0.25, 0.3) is 0 Å². The van der Waals surface area contributed by atoms with Gasteiger partial charge in [-0.1, -0.05) is 12.0 Å². The fourth-order valence-corrected chi connectivity index (χ4v) is 3.33. The summed E-state index contributed by atoms with van der Waals surface area (Å²) in [5, 5.41) is 1.06. The van der Waals surface area contributed by atoms with Crippen molar-refractivity contribution in [2.45, 2.75) is 18.9 Å². The van der Waals surface area contributed by atoms with E-state index in [9.17, 15) is 0 Å². The normalized spacial score (nSPS) is 12.0. The van der Waals surface area contributed by atoms with Crippen molar-refractivity contribution in [1.29, 1.82) is 0 Å². The molecular weight excluding hydrogens is 366 g/mol. The summed E-state index contributed by atoms with van der Waals surface area (Å²) >= 11 is 0. The molecule has 5 heteroatoms. The Balaban J connectivity index is 1.82. The lowest BCUT2D eigenvalue weighted by molar-refractivity contribution is 0.321. The fourth-order valence-electron chi connectivity index (χ4n) is 3.33. The van der Waals surface area contributed by atoms with Crippen molar-refractivity contribution in [3.8, 4) is 29.6 Å². The van der Waals surface area contributed by atoms with Crippen molar-refractivity contribution in [3.05, 3.63) is 53.8 Å². The molecule has 0 fully saturated rings. The zero-order valence-corrected chi connectivity index (χ0v) is 17.4. The van der Waals surface area contributed by atoms with Crippen LogP contribution in [0.1, 0.15) is 11.1 Å². The largest absolute Gasteiger partial charge is 0.497 e. The van der Waals surface area contributed by atoms with Crippen LogP contribution in [0.15, 0.2) is 47.1 Å². The van der Waals surface area contributed by atoms with Gasteiger partial charge in [-0.2, -0.15) is 0 Å². The van der Waals surface area contributed by atoms with E-state index in [-0.39, 0.29) is 6.04 Å². The number of benzene rings is 2. The van der Waals surface area contributed by atoms with Gasteiger partial charge < -0.3 is 18.6 Å². The van der Waals surface area contributed by atoms with Crippen molar-refractivity contribution in [1.82, 2.24) is 4.90 Å². The first kappa shape index (κ1) is 20.6. The van der Waals surface area contributed by atoms with Crippen LogP contribution in [0.2, 0.25) is 0 Å². The molecule has 0 aliphatic carbocycles. The predicted molar refractivity (Wildman–Crippen MR) is 115 cm³/mol. The van der Waals surface area contributed by atoms with Gasteiger partial charge in [-0.3, -0.25) is 4.90 Å². The summed E-state index contributed by atoms with van der Waals surface area (Å²) in [6.45, 7) is 0.532. The highest BCUT2D eigenvalue weighted by atomic mass is 16.5. The SMILES string of the molecule is C#C[C@@H](Cc1ccc(OC)c2occ(CCOc3ccc(OC)cc3)c12)N(C)C. The Morgan fingerprint density at radius 1 is 1.00 bits per heavy atom. The predicted octanol–water partition coefficient (Wildman–Crippen LogP) is 4.18. The minimum atomic E-state index is 0.00453. The molecule has 5 nitrogen and oxygen atoms in total. The molecule has 1 heterocycles. The molecule has 0 aliphatic rings. The second kappa shape index (κ2) is 9.40. The van der Waals surface area contributed by atoms with E-state index in [0.717, 1.165) is 40.0 Å². The first-order chi connectivity index (χ1) is 14.1. The van der Waals surface area contributed by atoms with Crippen LogP contribution in [-0.4, -0.2) is 45.9 Å². The van der Waals surface area contributed by atoms with Crippen LogP contribution in [0, 0.1) is 12.3 Å². The number of hydrogen-bond acceptors (Lipinski definition) is 5. The third kappa shape index (κ3) is 4.67. The first-order valence-electron chi connectivity index (χ1n) is 9.52. The fraction of sp³-hybridized carbons (Fsp3) is 0.333. The van der Waals surface area contributed by atoms with E-state index in [4.69, 9.17) is 25.1 Å². The maximum Gasteiger partial charge on any atom is 0.176 e. The van der Waals surface area contributed by atoms with Crippen LogP contribution in [0.3, 0.4) is 0 Å². The van der Waals surface area contributed by atoms with Crippen LogP contribution in [0.4, 0.5) is 0 Å². The lowest BCUT2D eigenvalue weighted by Gasteiger charge is -2.19. The van der Waals surface area contributed by atoms with E-state index >= 15 is 0 Å². The molecule has 0 unspecified atom stereocenters. The van der Waals surface area contributed by atoms with Gasteiger partial charge in [0, 0.05) is 17.4 Å². The second-order valence-corrected chi connectivity index (χ2v) is 7.02. The van der Waals surface area contributed by atoms with Crippen molar-refractivity contribution in [3.63, 3.8) is 0 Å². The van der Waals surface area contributed by atoms with Gasteiger partial charge in [0.15, 0.2) is 11.3 Å². The van der Waals surface area contributed by atoms with Crippen molar-refractivity contribution in [2.75, 3.05) is 34.9 Å². The monoisotopic (exact) mass is 393 g/mol. The molecule has 29 heavy (non-hydrogen) atoms. The van der Waals surface area contributed by atoms with Crippen LogP contribution in [-0.2, 0) is 12.8 Å². The molecular formula is C24H27NO4. The van der Waals surface area contributed by atoms with Gasteiger partial charge >= 0.3 is 0 Å². The maximum absolute atomic E-state index is 5.90. The van der Waals surface area contributed by atoms with Gasteiger partial charge in [0.2, 0.25) is 0 Å². The molecule has 0 N–H and O–H groups in total. The number of fused-ring (bicyclic) bond motifs is 1. The van der Waals surface area contributed by atoms with Gasteiger partial charge in [-0.05, 0) is 56.4 Å². The summed E-state index contributed by atoms with van der Waals surface area (Å²) in [5.41, 5.74) is 2.97. The molecule has 2 aromatic carbocycles. The number of furan rings is 1. The number of methoxy groups -OCH3 is 2. The van der Waals surface area contributed by atoms with Crippen LogP contribution in [0.5, 0.6) is 17.2 Å². The Kier molecular flexibility index (Phi) is 6.69. The highest BCUT2D eigenvalue weighted by molar-refractivity contribution is 5.89. The summed E-state index contributed by atoms with van der Waals surface area (Å²) in [7, 11) is 7.27. The van der Waals surface area contributed by atoms with E-state index in [1.165, 1.54) is 0 Å². The van der Waals surface area contributed by atoms with E-state index in [1.807, 2.05) is 49.3 Å². The molecule has 0 saturated heterocycles. The highest BCUT2D eigenvalue weighted by Crippen LogP contribution is 2.34. The summed E-state index contributed by atoms with van der Waals surface area (Å²) in [6.07, 6.45) is 8.96. The Morgan fingerprint density at radius 3 is 2.34 bits per heavy atom. The molecule has 0 aliphatic heterocycles. The van der Waals surface area contributed by atoms with E-state index in [0.29, 0.717) is 18.8 Å². The molecule has 152 valence electrons. The molecule has 3 aromatic rings. The minimum Gasteiger partial charge on any atom is -0.497 e. The molecule has 0 radical (unpaired) electrons. The summed E-state index contributed by atoms with van der Waals surface area (Å²) in [5.74, 6) is 5.18. The maximum atomic E-state index is 5.90. The van der Waals surface area contributed by atoms with Gasteiger partial charge in [0.1, 0.15) is 11.5 Å². The van der Waals surface area contributed by atoms with Crippen molar-refractivity contribution in [2.24, 2.45) is 0 Å². The lowest BCUT2D eigenvalue weighted by Crippen LogP contribution is -2.28. The number of ether oxygens (including phenoxy) is 3. The van der Waals surface area contributed by atoms with Crippen molar-refractivity contribution >= 4 is 11.0 Å². The average molecular weight is 393 g/mol. The van der Waals surface area contributed by atoms with Gasteiger partial charge in [-0.25, -0.2) is 0 Å². The van der Waals surface area contributed by atoms with Crippen LogP contribution >= 0.6 is 0 Å². The average Bonchev–Trinajstić information content (AvgIpc) is 3.16. The highest BCUT2D eigenvalue weighted by Gasteiger charge is 2.18. The standard InChI is InChI=1S/C24H27NO4/c1-6-19(25(2)3)15-17-7-12-22(27-5)24-23(17)18(16-29-24)13-14-28-21-10-8-20(26-4)9-11-21/h1,7-12,16,19H,13-15H2,2-5H3/t19-/m0/s1. The smallest absolute Gasteiger partial charge is 0.176 e. The minimum absolute atomic E-state index is 0.00453. The zero-order valence-electron chi connectivity index (χ0n) is 17.4. The molecule has 3 rings (SSSR count). The molecule has 0 spiro atoms. The molecule has 1 aromatic heterocycles. The number of likely N-dealkylation sites (N-methyl/N-ethyl adjacent to an activating group) is 1. The molecule has 1 atom stereocenters. The van der Waals surface area contributed by atoms with E-state index in [1.54, 1.807) is 20.5 Å². The van der Waals surface area contributed by atoms with Gasteiger partial charge in [-0.15, -0.1) is 6.42 Å². The number of rotatable bonds is 9. The molecule has 0 bridgehead atoms. The quantitative estimate of drug-likeness (QED) is 0.511. The summed E-state index contributed by atoms with van der Waals surface area (Å²) in [6, 6.07) is 11.6. The second-order valence-electron chi connectivity index (χ2n) is 7.02. The Bertz CT molecular complexity index is 983. The Morgan fingerprint density at radius 2 is 1.72 bits per heavy atom. The Labute approximate surface area is 172 Å². The van der Waals surface area contributed by atoms with Crippen LogP contribution < -0.4 is 14.2 Å². The molecule has 0 amide bonds. The number of nitrogens with zero attached hydrogens (tertiary/aromatic N) is 1. The van der Waals surface area contributed by atoms with E-state index in [2.05, 4.69) is 12.0 Å². The topological polar surface area (TPSA) is 44.1 Å². The summed E-state index contributed by atoms with van der Waals surface area (Å²) in [4.78, 5) is 2.04. The van der Waals surface area contributed by atoms with Crippen molar-refractivity contribution < 1.29 is 18.6 Å². The van der Waals surface area contributed by atoms with Gasteiger partial charge in [0.05, 0.1) is 33.1 Å². The summed E-state index contributed by atoms with van der Waals surface area (Å²) < 4.78 is 22.4. The third-order valence-electron chi connectivity index (χ3n) is 5.00. The number of hydrogen-bond donors (Lipinski definition) is 0.